The number of phenolic OH excluding ortho intramolecular Hbond substituents is 2. The molecule has 7 nitrogen and oxygen atoms in total. The van der Waals surface area contributed by atoms with Crippen LogP contribution in [0.1, 0.15) is 22.7 Å². The molecule has 1 atom stereocenters. The average molecular weight is 371 g/mol. The van der Waals surface area contributed by atoms with E-state index in [-0.39, 0.29) is 23.3 Å². The normalized spacial score (nSPS) is 17.0. The molecule has 7 heteroatoms. The number of ether oxygens (including phenoxy) is 3. The molecule has 0 radical (unpaired) electrons. The largest absolute Gasteiger partial charge is 0.504 e. The Balaban J connectivity index is 2.05. The Labute approximate surface area is 156 Å². The number of amides is 1. The number of phenols is 2. The quantitative estimate of drug-likeness (QED) is 0.844. The van der Waals surface area contributed by atoms with Crippen molar-refractivity contribution >= 4 is 6.09 Å². The van der Waals surface area contributed by atoms with Crippen molar-refractivity contribution in [3.05, 3.63) is 34.9 Å². The molecule has 0 spiro atoms. The SMILES string of the molecule is COC(=O)N1CCc2cc(O)c(OC)c3c2C1Cc1ccc(OC)c(O)c1-3. The molecule has 0 saturated carbocycles. The van der Waals surface area contributed by atoms with Gasteiger partial charge in [0.25, 0.3) is 0 Å². The van der Waals surface area contributed by atoms with Crippen LogP contribution in [0.3, 0.4) is 0 Å². The first-order valence-corrected chi connectivity index (χ1v) is 8.68. The van der Waals surface area contributed by atoms with Gasteiger partial charge in [-0.1, -0.05) is 6.07 Å². The number of hydrogen-bond acceptors (Lipinski definition) is 6. The van der Waals surface area contributed by atoms with Gasteiger partial charge in [-0.3, -0.25) is 0 Å². The zero-order valence-corrected chi connectivity index (χ0v) is 15.4. The van der Waals surface area contributed by atoms with Crippen molar-refractivity contribution in [2.24, 2.45) is 0 Å². The summed E-state index contributed by atoms with van der Waals surface area (Å²) in [5.41, 5.74) is 3.82. The topological polar surface area (TPSA) is 88.5 Å². The first-order valence-electron chi connectivity index (χ1n) is 8.68. The summed E-state index contributed by atoms with van der Waals surface area (Å²) in [4.78, 5) is 14.0. The van der Waals surface area contributed by atoms with Gasteiger partial charge in [0.15, 0.2) is 23.0 Å². The number of rotatable bonds is 2. The van der Waals surface area contributed by atoms with Crippen LogP contribution in [-0.4, -0.2) is 49.1 Å². The van der Waals surface area contributed by atoms with E-state index < -0.39 is 6.09 Å². The highest BCUT2D eigenvalue weighted by atomic mass is 16.5. The summed E-state index contributed by atoms with van der Waals surface area (Å²) in [5, 5.41) is 21.3. The number of carbonyl (C=O) groups is 1. The Morgan fingerprint density at radius 3 is 2.56 bits per heavy atom. The molecule has 1 unspecified atom stereocenters. The average Bonchev–Trinajstić information content (AvgIpc) is 2.67. The van der Waals surface area contributed by atoms with Crippen LogP contribution in [0.15, 0.2) is 18.2 Å². The zero-order valence-electron chi connectivity index (χ0n) is 15.4. The van der Waals surface area contributed by atoms with Gasteiger partial charge >= 0.3 is 6.09 Å². The van der Waals surface area contributed by atoms with Crippen molar-refractivity contribution in [2.75, 3.05) is 27.9 Å². The smallest absolute Gasteiger partial charge is 0.410 e. The lowest BCUT2D eigenvalue weighted by atomic mass is 9.76. The van der Waals surface area contributed by atoms with Crippen molar-refractivity contribution in [1.82, 2.24) is 4.90 Å². The molecule has 2 N–H and O–H groups in total. The molecule has 1 amide bonds. The van der Waals surface area contributed by atoms with E-state index in [4.69, 9.17) is 14.2 Å². The van der Waals surface area contributed by atoms with Crippen LogP contribution in [0.4, 0.5) is 4.79 Å². The summed E-state index contributed by atoms with van der Waals surface area (Å²) in [6, 6.07) is 4.98. The van der Waals surface area contributed by atoms with E-state index in [1.165, 1.54) is 21.3 Å². The lowest BCUT2D eigenvalue weighted by molar-refractivity contribution is 0.100. The van der Waals surface area contributed by atoms with Crippen LogP contribution >= 0.6 is 0 Å². The molecular weight excluding hydrogens is 350 g/mol. The number of hydrogen-bond donors (Lipinski definition) is 2. The van der Waals surface area contributed by atoms with Crippen molar-refractivity contribution in [2.45, 2.75) is 18.9 Å². The molecule has 0 aromatic heterocycles. The third kappa shape index (κ3) is 2.38. The minimum absolute atomic E-state index is 0.00487. The van der Waals surface area contributed by atoms with Gasteiger partial charge < -0.3 is 29.3 Å². The van der Waals surface area contributed by atoms with E-state index in [1.54, 1.807) is 17.0 Å². The minimum Gasteiger partial charge on any atom is -0.504 e. The summed E-state index contributed by atoms with van der Waals surface area (Å²) in [7, 11) is 4.32. The van der Waals surface area contributed by atoms with Gasteiger partial charge in [-0.15, -0.1) is 0 Å². The molecule has 1 aliphatic heterocycles. The van der Waals surface area contributed by atoms with Crippen LogP contribution in [0, 0.1) is 0 Å². The highest BCUT2D eigenvalue weighted by Gasteiger charge is 2.41. The Bertz CT molecular complexity index is 939. The second kappa shape index (κ2) is 6.26. The second-order valence-electron chi connectivity index (χ2n) is 6.66. The molecule has 27 heavy (non-hydrogen) atoms. The molecule has 142 valence electrons. The van der Waals surface area contributed by atoms with Crippen molar-refractivity contribution in [3.8, 4) is 34.1 Å². The third-order valence-electron chi connectivity index (χ3n) is 5.44. The van der Waals surface area contributed by atoms with Crippen LogP contribution in [0.2, 0.25) is 0 Å². The monoisotopic (exact) mass is 371 g/mol. The summed E-state index contributed by atoms with van der Waals surface area (Å²) in [6.45, 7) is 0.493. The molecule has 2 aliphatic rings. The van der Waals surface area contributed by atoms with Crippen molar-refractivity contribution in [3.63, 3.8) is 0 Å². The van der Waals surface area contributed by atoms with E-state index in [0.717, 1.165) is 16.7 Å². The fourth-order valence-corrected chi connectivity index (χ4v) is 4.30. The highest BCUT2D eigenvalue weighted by Crippen LogP contribution is 2.56. The van der Waals surface area contributed by atoms with Gasteiger partial charge in [-0.25, -0.2) is 4.79 Å². The van der Waals surface area contributed by atoms with Gasteiger partial charge in [0.05, 0.1) is 27.4 Å². The molecular formula is C20H21NO6. The van der Waals surface area contributed by atoms with Crippen LogP contribution in [0.5, 0.6) is 23.0 Å². The molecule has 0 bridgehead atoms. The lowest BCUT2D eigenvalue weighted by Crippen LogP contribution is -2.42. The Hall–Kier alpha value is -3.09. The molecule has 2 aromatic carbocycles. The molecule has 0 fully saturated rings. The van der Waals surface area contributed by atoms with E-state index in [2.05, 4.69) is 0 Å². The van der Waals surface area contributed by atoms with E-state index in [0.29, 0.717) is 36.3 Å². The van der Waals surface area contributed by atoms with Crippen LogP contribution in [0.25, 0.3) is 11.1 Å². The molecule has 2 aromatic rings. The Morgan fingerprint density at radius 1 is 1.11 bits per heavy atom. The van der Waals surface area contributed by atoms with Crippen LogP contribution < -0.4 is 9.47 Å². The first-order chi connectivity index (χ1) is 13.0. The third-order valence-corrected chi connectivity index (χ3v) is 5.44. The summed E-state index contributed by atoms with van der Waals surface area (Å²) < 4.78 is 15.7. The fraction of sp³-hybridized carbons (Fsp3) is 0.350. The maximum absolute atomic E-state index is 12.3. The molecule has 1 aliphatic carbocycles. The fourth-order valence-electron chi connectivity index (χ4n) is 4.30. The maximum Gasteiger partial charge on any atom is 0.410 e. The van der Waals surface area contributed by atoms with Gasteiger partial charge in [-0.05, 0) is 41.7 Å². The zero-order chi connectivity index (χ0) is 19.3. The summed E-state index contributed by atoms with van der Waals surface area (Å²) in [5.74, 6) is 0.614. The number of benzene rings is 2. The Morgan fingerprint density at radius 2 is 1.89 bits per heavy atom. The minimum atomic E-state index is -0.398. The second-order valence-corrected chi connectivity index (χ2v) is 6.66. The lowest BCUT2D eigenvalue weighted by Gasteiger charge is -2.41. The van der Waals surface area contributed by atoms with Gasteiger partial charge in [0.2, 0.25) is 0 Å². The van der Waals surface area contributed by atoms with Crippen LogP contribution in [-0.2, 0) is 17.6 Å². The highest BCUT2D eigenvalue weighted by molar-refractivity contribution is 5.89. The van der Waals surface area contributed by atoms with Crippen molar-refractivity contribution < 1.29 is 29.2 Å². The molecule has 4 rings (SSSR count). The number of carbonyl (C=O) groups excluding carboxylic acids is 1. The van der Waals surface area contributed by atoms with Crippen molar-refractivity contribution in [1.29, 1.82) is 0 Å². The number of aromatic hydroxyl groups is 2. The van der Waals surface area contributed by atoms with E-state index in [9.17, 15) is 15.0 Å². The summed E-state index contributed by atoms with van der Waals surface area (Å²) in [6.07, 6.45) is 0.700. The van der Waals surface area contributed by atoms with E-state index in [1.807, 2.05) is 6.07 Å². The van der Waals surface area contributed by atoms with E-state index >= 15 is 0 Å². The molecule has 1 heterocycles. The maximum atomic E-state index is 12.3. The molecule has 0 saturated heterocycles. The Kier molecular flexibility index (Phi) is 4.02. The van der Waals surface area contributed by atoms with Gasteiger partial charge in [0.1, 0.15) is 0 Å². The van der Waals surface area contributed by atoms with Gasteiger partial charge in [0, 0.05) is 17.7 Å². The summed E-state index contributed by atoms with van der Waals surface area (Å²) >= 11 is 0. The first kappa shape index (κ1) is 17.3. The predicted molar refractivity (Wildman–Crippen MR) is 97.6 cm³/mol. The number of nitrogens with zero attached hydrogens (tertiary/aromatic N) is 1. The standard InChI is InChI=1S/C20H21NO6/c1-25-14-5-4-10-8-12-15-11(6-7-21(12)20(24)27-3)9-13(22)19(26-2)17(15)16(10)18(14)23/h4-5,9,12,22-23H,6-8H2,1-3H3. The number of methoxy groups -OCH3 is 3. The predicted octanol–water partition coefficient (Wildman–Crippen LogP) is 3.00. The number of fused-ring (bicyclic) bond motifs is 2. The van der Waals surface area contributed by atoms with Gasteiger partial charge in [-0.2, -0.15) is 0 Å².